The van der Waals surface area contributed by atoms with Crippen LogP contribution in [0.2, 0.25) is 10.0 Å². The van der Waals surface area contributed by atoms with Gasteiger partial charge in [0, 0.05) is 12.1 Å². The summed E-state index contributed by atoms with van der Waals surface area (Å²) in [4.78, 5) is 12.5. The quantitative estimate of drug-likeness (QED) is 0.841. The van der Waals surface area contributed by atoms with E-state index in [9.17, 15) is 0 Å². The second-order valence-corrected chi connectivity index (χ2v) is 4.96. The summed E-state index contributed by atoms with van der Waals surface area (Å²) in [5.41, 5.74) is 0.610. The van der Waals surface area contributed by atoms with Crippen LogP contribution in [0.3, 0.4) is 0 Å². The smallest absolute Gasteiger partial charge is 0.323 e. The van der Waals surface area contributed by atoms with Crippen LogP contribution in [0, 0.1) is 0 Å². The van der Waals surface area contributed by atoms with Crippen LogP contribution in [0.5, 0.6) is 6.01 Å². The first kappa shape index (κ1) is 15.6. The van der Waals surface area contributed by atoms with Gasteiger partial charge >= 0.3 is 6.01 Å². The van der Waals surface area contributed by atoms with Crippen LogP contribution in [-0.2, 0) is 0 Å². The van der Waals surface area contributed by atoms with Crippen molar-refractivity contribution in [2.75, 3.05) is 24.3 Å². The number of hydrogen-bond acceptors (Lipinski definition) is 6. The number of nitrogens with one attached hydrogen (secondary N) is 2. The topological polar surface area (TPSA) is 72.0 Å². The van der Waals surface area contributed by atoms with E-state index in [1.807, 2.05) is 6.92 Å². The molecule has 0 fully saturated rings. The van der Waals surface area contributed by atoms with Crippen LogP contribution in [0.25, 0.3) is 0 Å². The number of nitrogens with zero attached hydrogens (tertiary/aromatic N) is 3. The average molecular weight is 328 g/mol. The Morgan fingerprint density at radius 1 is 1.14 bits per heavy atom. The van der Waals surface area contributed by atoms with Crippen molar-refractivity contribution >= 4 is 40.8 Å². The standard InChI is InChI=1S/C13H15Cl2N5O/c1-3-6-21-13-19-11(16-2)18-12(20-13)17-10-7-8(14)4-5-9(10)15/h4-5,7H,3,6H2,1-2H3,(H2,16,17,18,19,20). The Morgan fingerprint density at radius 2 is 1.90 bits per heavy atom. The number of benzene rings is 1. The summed E-state index contributed by atoms with van der Waals surface area (Å²) in [5.74, 6) is 0.723. The molecule has 21 heavy (non-hydrogen) atoms. The molecule has 0 unspecified atom stereocenters. The number of aromatic nitrogens is 3. The summed E-state index contributed by atoms with van der Waals surface area (Å²) < 4.78 is 5.43. The highest BCUT2D eigenvalue weighted by Gasteiger charge is 2.09. The minimum atomic E-state index is 0.247. The highest BCUT2D eigenvalue weighted by molar-refractivity contribution is 6.35. The van der Waals surface area contributed by atoms with Gasteiger partial charge in [0.2, 0.25) is 11.9 Å². The molecular weight excluding hydrogens is 313 g/mol. The van der Waals surface area contributed by atoms with Crippen LogP contribution in [0.4, 0.5) is 17.6 Å². The molecule has 0 saturated heterocycles. The highest BCUT2D eigenvalue weighted by atomic mass is 35.5. The third-order valence-corrected chi connectivity index (χ3v) is 3.01. The lowest BCUT2D eigenvalue weighted by molar-refractivity contribution is 0.292. The molecule has 112 valence electrons. The number of rotatable bonds is 6. The molecule has 0 aliphatic rings. The second kappa shape index (κ2) is 7.28. The fourth-order valence-electron chi connectivity index (χ4n) is 1.50. The van der Waals surface area contributed by atoms with E-state index in [0.717, 1.165) is 6.42 Å². The zero-order valence-corrected chi connectivity index (χ0v) is 13.2. The third-order valence-electron chi connectivity index (χ3n) is 2.45. The molecule has 1 aromatic carbocycles. The Labute approximate surface area is 132 Å². The molecule has 0 atom stereocenters. The minimum absolute atomic E-state index is 0.247. The maximum Gasteiger partial charge on any atom is 0.323 e. The maximum absolute atomic E-state index is 6.10. The number of hydrogen-bond donors (Lipinski definition) is 2. The average Bonchev–Trinajstić information content (AvgIpc) is 2.48. The summed E-state index contributed by atoms with van der Waals surface area (Å²) in [6.07, 6.45) is 0.865. The van der Waals surface area contributed by atoms with Gasteiger partial charge in [-0.15, -0.1) is 0 Å². The zero-order chi connectivity index (χ0) is 15.2. The van der Waals surface area contributed by atoms with Crippen LogP contribution >= 0.6 is 23.2 Å². The van der Waals surface area contributed by atoms with Crippen LogP contribution < -0.4 is 15.4 Å². The summed E-state index contributed by atoms with van der Waals surface area (Å²) in [6.45, 7) is 2.54. The monoisotopic (exact) mass is 327 g/mol. The molecule has 0 amide bonds. The van der Waals surface area contributed by atoms with Crippen molar-refractivity contribution in [3.05, 3.63) is 28.2 Å². The molecule has 2 rings (SSSR count). The predicted molar refractivity (Wildman–Crippen MR) is 84.9 cm³/mol. The molecule has 1 heterocycles. The van der Waals surface area contributed by atoms with Gasteiger partial charge in [-0.05, 0) is 24.6 Å². The molecule has 2 aromatic rings. The molecule has 0 aliphatic heterocycles. The van der Waals surface area contributed by atoms with E-state index in [0.29, 0.717) is 34.2 Å². The Bertz CT molecular complexity index is 624. The molecule has 0 spiro atoms. The van der Waals surface area contributed by atoms with Gasteiger partial charge in [0.05, 0.1) is 17.3 Å². The molecule has 0 saturated carbocycles. The fourth-order valence-corrected chi connectivity index (χ4v) is 1.83. The van der Waals surface area contributed by atoms with Gasteiger partial charge in [-0.1, -0.05) is 30.1 Å². The first-order valence-electron chi connectivity index (χ1n) is 6.41. The van der Waals surface area contributed by atoms with Crippen molar-refractivity contribution in [3.8, 4) is 6.01 Å². The predicted octanol–water partition coefficient (Wildman–Crippen LogP) is 3.75. The summed E-state index contributed by atoms with van der Waals surface area (Å²) >= 11 is 12.1. The lowest BCUT2D eigenvalue weighted by atomic mass is 10.3. The lowest BCUT2D eigenvalue weighted by Crippen LogP contribution is -2.07. The van der Waals surface area contributed by atoms with Crippen molar-refractivity contribution in [2.45, 2.75) is 13.3 Å². The minimum Gasteiger partial charge on any atom is -0.463 e. The van der Waals surface area contributed by atoms with Crippen molar-refractivity contribution in [1.29, 1.82) is 0 Å². The number of ether oxygens (including phenoxy) is 1. The Hall–Kier alpha value is -1.79. The SMILES string of the molecule is CCCOc1nc(NC)nc(Nc2cc(Cl)ccc2Cl)n1. The van der Waals surface area contributed by atoms with Crippen molar-refractivity contribution in [1.82, 2.24) is 15.0 Å². The lowest BCUT2D eigenvalue weighted by Gasteiger charge is -2.10. The van der Waals surface area contributed by atoms with Crippen LogP contribution in [0.1, 0.15) is 13.3 Å². The summed E-state index contributed by atoms with van der Waals surface area (Å²) in [5, 5.41) is 6.94. The molecule has 6 nitrogen and oxygen atoms in total. The number of halogens is 2. The molecule has 2 N–H and O–H groups in total. The fraction of sp³-hybridized carbons (Fsp3) is 0.308. The van der Waals surface area contributed by atoms with Gasteiger partial charge in [0.25, 0.3) is 0 Å². The van der Waals surface area contributed by atoms with E-state index in [-0.39, 0.29) is 6.01 Å². The molecule has 0 radical (unpaired) electrons. The van der Waals surface area contributed by atoms with Crippen LogP contribution in [0.15, 0.2) is 18.2 Å². The van der Waals surface area contributed by atoms with Gasteiger partial charge in [-0.2, -0.15) is 15.0 Å². The van der Waals surface area contributed by atoms with E-state index in [1.165, 1.54) is 0 Å². The van der Waals surface area contributed by atoms with Crippen molar-refractivity contribution in [2.24, 2.45) is 0 Å². The Kier molecular flexibility index (Phi) is 5.41. The van der Waals surface area contributed by atoms with Crippen LogP contribution in [-0.4, -0.2) is 28.6 Å². The van der Waals surface area contributed by atoms with E-state index in [4.69, 9.17) is 27.9 Å². The Balaban J connectivity index is 2.27. The molecule has 1 aromatic heterocycles. The normalized spacial score (nSPS) is 10.3. The Morgan fingerprint density at radius 3 is 2.62 bits per heavy atom. The first-order valence-corrected chi connectivity index (χ1v) is 7.16. The third kappa shape index (κ3) is 4.34. The highest BCUT2D eigenvalue weighted by Crippen LogP contribution is 2.27. The molecule has 8 heteroatoms. The van der Waals surface area contributed by atoms with Gasteiger partial charge in [-0.3, -0.25) is 0 Å². The van der Waals surface area contributed by atoms with Crippen molar-refractivity contribution in [3.63, 3.8) is 0 Å². The van der Waals surface area contributed by atoms with Gasteiger partial charge < -0.3 is 15.4 Å². The van der Waals surface area contributed by atoms with E-state index < -0.39 is 0 Å². The number of anilines is 3. The molecular formula is C13H15Cl2N5O. The largest absolute Gasteiger partial charge is 0.463 e. The molecule has 0 bridgehead atoms. The summed E-state index contributed by atoms with van der Waals surface area (Å²) in [6, 6.07) is 5.34. The first-order chi connectivity index (χ1) is 10.1. The second-order valence-electron chi connectivity index (χ2n) is 4.11. The summed E-state index contributed by atoms with van der Waals surface area (Å²) in [7, 11) is 1.72. The zero-order valence-electron chi connectivity index (χ0n) is 11.7. The van der Waals surface area contributed by atoms with Crippen molar-refractivity contribution < 1.29 is 4.74 Å². The van der Waals surface area contributed by atoms with Gasteiger partial charge in [0.1, 0.15) is 0 Å². The van der Waals surface area contributed by atoms with Gasteiger partial charge in [0.15, 0.2) is 0 Å². The molecule has 0 aliphatic carbocycles. The van der Waals surface area contributed by atoms with E-state index in [2.05, 4.69) is 25.6 Å². The maximum atomic E-state index is 6.10. The van der Waals surface area contributed by atoms with E-state index >= 15 is 0 Å². The van der Waals surface area contributed by atoms with E-state index in [1.54, 1.807) is 25.2 Å². The van der Waals surface area contributed by atoms with Gasteiger partial charge in [-0.25, -0.2) is 0 Å².